The van der Waals surface area contributed by atoms with Gasteiger partial charge in [0, 0.05) is 27.7 Å². The summed E-state index contributed by atoms with van der Waals surface area (Å²) >= 11 is 0. The van der Waals surface area contributed by atoms with Crippen LogP contribution in [0.3, 0.4) is 0 Å². The number of ether oxygens (including phenoxy) is 6. The molecule has 5 rings (SSSR count). The van der Waals surface area contributed by atoms with Gasteiger partial charge in [-0.1, -0.05) is 0 Å². The van der Waals surface area contributed by atoms with Crippen molar-refractivity contribution in [3.8, 4) is 0 Å². The van der Waals surface area contributed by atoms with Crippen molar-refractivity contribution in [2.24, 2.45) is 23.2 Å². The van der Waals surface area contributed by atoms with Crippen LogP contribution in [0.4, 0.5) is 0 Å². The number of hydrogen-bond acceptors (Lipinski definition) is 10. The molecule has 1 heterocycles. The predicted octanol–water partition coefficient (Wildman–Crippen LogP) is 2.30. The molecular formula is C25H36O10. The van der Waals surface area contributed by atoms with Crippen LogP contribution in [-0.4, -0.2) is 67.8 Å². The van der Waals surface area contributed by atoms with E-state index in [1.165, 1.54) is 47.0 Å². The van der Waals surface area contributed by atoms with E-state index < -0.39 is 54.6 Å². The fraction of sp³-hybridized carbons (Fsp3) is 0.840. The minimum atomic E-state index is -1.20. The van der Waals surface area contributed by atoms with Crippen LogP contribution in [-0.2, 0) is 47.6 Å². The Balaban J connectivity index is 1.57. The second-order valence-electron chi connectivity index (χ2n) is 10.8. The first-order valence-electron chi connectivity index (χ1n) is 12.5. The smallest absolute Gasteiger partial charge is 0.303 e. The van der Waals surface area contributed by atoms with Gasteiger partial charge in [0.05, 0.1) is 6.61 Å². The lowest BCUT2D eigenvalue weighted by atomic mass is 9.50. The Morgan fingerprint density at radius 3 is 1.69 bits per heavy atom. The van der Waals surface area contributed by atoms with E-state index in [1.54, 1.807) is 0 Å². The maximum Gasteiger partial charge on any atom is 0.303 e. The van der Waals surface area contributed by atoms with E-state index in [0.29, 0.717) is 6.61 Å². The van der Waals surface area contributed by atoms with Crippen molar-refractivity contribution < 1.29 is 47.6 Å². The monoisotopic (exact) mass is 496 g/mol. The van der Waals surface area contributed by atoms with Crippen molar-refractivity contribution >= 4 is 23.9 Å². The molecule has 4 bridgehead atoms. The van der Waals surface area contributed by atoms with Crippen LogP contribution in [0.2, 0.25) is 0 Å². The van der Waals surface area contributed by atoms with Crippen molar-refractivity contribution in [3.05, 3.63) is 0 Å². The minimum Gasteiger partial charge on any atom is -0.463 e. The van der Waals surface area contributed by atoms with Gasteiger partial charge in [-0.2, -0.15) is 0 Å². The predicted molar refractivity (Wildman–Crippen MR) is 119 cm³/mol. The summed E-state index contributed by atoms with van der Waals surface area (Å²) in [5.41, 5.74) is 0.0495. The molecule has 4 saturated carbocycles. The van der Waals surface area contributed by atoms with Gasteiger partial charge >= 0.3 is 23.9 Å². The molecule has 1 aliphatic heterocycles. The second kappa shape index (κ2) is 10.4. The first kappa shape index (κ1) is 25.9. The van der Waals surface area contributed by atoms with Crippen LogP contribution in [0.1, 0.15) is 66.2 Å². The second-order valence-corrected chi connectivity index (χ2v) is 10.8. The molecule has 0 aromatic carbocycles. The van der Waals surface area contributed by atoms with E-state index in [1.807, 2.05) is 0 Å². The third kappa shape index (κ3) is 6.14. The minimum absolute atomic E-state index is 0.0495. The normalized spacial score (nSPS) is 39.5. The molecule has 0 aromatic rings. The fourth-order valence-corrected chi connectivity index (χ4v) is 7.05. The highest BCUT2D eigenvalue weighted by atomic mass is 16.7. The number of rotatable bonds is 8. The topological polar surface area (TPSA) is 124 Å². The Morgan fingerprint density at radius 1 is 0.714 bits per heavy atom. The van der Waals surface area contributed by atoms with Gasteiger partial charge in [-0.05, 0) is 61.7 Å². The molecule has 5 atom stereocenters. The van der Waals surface area contributed by atoms with Gasteiger partial charge in [0.25, 0.3) is 0 Å². The summed E-state index contributed by atoms with van der Waals surface area (Å²) in [5, 5.41) is 0. The zero-order valence-corrected chi connectivity index (χ0v) is 20.9. The lowest BCUT2D eigenvalue weighted by Gasteiger charge is -2.57. The lowest BCUT2D eigenvalue weighted by molar-refractivity contribution is -0.315. The van der Waals surface area contributed by atoms with E-state index in [4.69, 9.17) is 28.4 Å². The van der Waals surface area contributed by atoms with E-state index >= 15 is 0 Å². The van der Waals surface area contributed by atoms with Crippen LogP contribution < -0.4 is 0 Å². The van der Waals surface area contributed by atoms with Crippen molar-refractivity contribution in [1.82, 2.24) is 0 Å². The number of esters is 4. The Morgan fingerprint density at radius 2 is 1.20 bits per heavy atom. The first-order chi connectivity index (χ1) is 16.5. The molecule has 10 nitrogen and oxygen atoms in total. The first-order valence-corrected chi connectivity index (χ1v) is 12.5. The molecule has 0 aromatic heterocycles. The van der Waals surface area contributed by atoms with Crippen molar-refractivity contribution in [2.45, 2.75) is 96.9 Å². The molecule has 5 aliphatic rings. The van der Waals surface area contributed by atoms with Gasteiger partial charge in [-0.15, -0.1) is 0 Å². The maximum atomic E-state index is 12.0. The van der Waals surface area contributed by atoms with Gasteiger partial charge in [0.1, 0.15) is 12.7 Å². The highest BCUT2D eigenvalue weighted by molar-refractivity contribution is 5.68. The SMILES string of the molecule is CC(=O)OC[C@H]1O[C@H](OCC23CC4CC(CC(C4)C2)C3)[C@@H](OC(C)=O)[C@@H](OC(C)=O)[C@@H]1OC(C)=O. The summed E-state index contributed by atoms with van der Waals surface area (Å²) in [4.78, 5) is 47.3. The molecule has 0 unspecified atom stereocenters. The summed E-state index contributed by atoms with van der Waals surface area (Å²) in [7, 11) is 0. The lowest BCUT2D eigenvalue weighted by Crippen LogP contribution is -2.63. The standard InChI is InChI=1S/C25H36O10/c1-13(26)30-11-20-21(32-14(2)27)22(33-15(3)28)23(34-16(4)29)24(35-20)31-12-25-8-17-5-18(9-25)7-19(6-17)10-25/h17-24H,5-12H2,1-4H3/t17?,18?,19?,20-,21-,22+,23+,24+,25?/m1/s1. The molecule has 35 heavy (non-hydrogen) atoms. The summed E-state index contributed by atoms with van der Waals surface area (Å²) in [5.74, 6) is -0.317. The molecule has 196 valence electrons. The van der Waals surface area contributed by atoms with Crippen molar-refractivity contribution in [2.75, 3.05) is 13.2 Å². The van der Waals surface area contributed by atoms with Gasteiger partial charge in [-0.25, -0.2) is 0 Å². The molecule has 0 spiro atoms. The third-order valence-electron chi connectivity index (χ3n) is 7.67. The summed E-state index contributed by atoms with van der Waals surface area (Å²) < 4.78 is 33.9. The van der Waals surface area contributed by atoms with Crippen LogP contribution in [0.15, 0.2) is 0 Å². The van der Waals surface area contributed by atoms with Crippen LogP contribution in [0.5, 0.6) is 0 Å². The highest BCUT2D eigenvalue weighted by Gasteiger charge is 2.55. The largest absolute Gasteiger partial charge is 0.463 e. The average molecular weight is 497 g/mol. The summed E-state index contributed by atoms with van der Waals surface area (Å²) in [6.07, 6.45) is 1.57. The van der Waals surface area contributed by atoms with Crippen LogP contribution in [0, 0.1) is 23.2 Å². The molecule has 5 fully saturated rings. The maximum absolute atomic E-state index is 12.0. The Hall–Kier alpha value is -2.20. The van der Waals surface area contributed by atoms with Gasteiger partial charge in [0.2, 0.25) is 0 Å². The van der Waals surface area contributed by atoms with Crippen LogP contribution >= 0.6 is 0 Å². The fourth-order valence-electron chi connectivity index (χ4n) is 7.05. The summed E-state index contributed by atoms with van der Waals surface area (Å²) in [6, 6.07) is 0. The Labute approximate surface area is 205 Å². The summed E-state index contributed by atoms with van der Waals surface area (Å²) in [6.45, 7) is 5.05. The van der Waals surface area contributed by atoms with Gasteiger partial charge < -0.3 is 28.4 Å². The molecular weight excluding hydrogens is 460 g/mol. The molecule has 0 amide bonds. The van der Waals surface area contributed by atoms with Crippen LogP contribution in [0.25, 0.3) is 0 Å². The zero-order valence-electron chi connectivity index (χ0n) is 20.9. The quantitative estimate of drug-likeness (QED) is 0.365. The highest BCUT2D eigenvalue weighted by Crippen LogP contribution is 2.60. The van der Waals surface area contributed by atoms with E-state index in [0.717, 1.165) is 37.0 Å². The molecule has 1 saturated heterocycles. The Kier molecular flexibility index (Phi) is 7.71. The van der Waals surface area contributed by atoms with Crippen molar-refractivity contribution in [1.29, 1.82) is 0 Å². The number of carbonyl (C=O) groups is 4. The number of carbonyl (C=O) groups excluding carboxylic acids is 4. The average Bonchev–Trinajstić information content (AvgIpc) is 2.72. The molecule has 4 aliphatic carbocycles. The van der Waals surface area contributed by atoms with Gasteiger partial charge in [-0.3, -0.25) is 19.2 Å². The van der Waals surface area contributed by atoms with E-state index in [2.05, 4.69) is 0 Å². The molecule has 0 radical (unpaired) electrons. The molecule has 0 N–H and O–H groups in total. The van der Waals surface area contributed by atoms with Crippen molar-refractivity contribution in [3.63, 3.8) is 0 Å². The molecule has 10 heteroatoms. The number of hydrogen-bond donors (Lipinski definition) is 0. The Bertz CT molecular complexity index is 803. The van der Waals surface area contributed by atoms with E-state index in [-0.39, 0.29) is 12.0 Å². The van der Waals surface area contributed by atoms with Gasteiger partial charge in [0.15, 0.2) is 24.6 Å². The third-order valence-corrected chi connectivity index (χ3v) is 7.67. The van der Waals surface area contributed by atoms with E-state index in [9.17, 15) is 19.2 Å². The zero-order chi connectivity index (χ0) is 25.3.